The van der Waals surface area contributed by atoms with Crippen molar-refractivity contribution < 1.29 is 14.6 Å². The Morgan fingerprint density at radius 2 is 2.05 bits per heavy atom. The highest BCUT2D eigenvalue weighted by molar-refractivity contribution is 5.72. The fourth-order valence-electron chi connectivity index (χ4n) is 2.15. The molecule has 0 amide bonds. The van der Waals surface area contributed by atoms with Crippen LogP contribution in [0, 0.1) is 0 Å². The monoisotopic (exact) mass is 264 g/mol. The lowest BCUT2D eigenvalue weighted by molar-refractivity contribution is -0.149. The molecule has 0 saturated carbocycles. The topological polar surface area (TPSA) is 61.8 Å². The van der Waals surface area contributed by atoms with Gasteiger partial charge in [-0.15, -0.1) is 0 Å². The third-order valence-electron chi connectivity index (χ3n) is 3.30. The van der Waals surface area contributed by atoms with Gasteiger partial charge in [0.15, 0.2) is 6.10 Å². The van der Waals surface area contributed by atoms with Gasteiger partial charge in [0.2, 0.25) is 0 Å². The van der Waals surface area contributed by atoms with Crippen molar-refractivity contribution in [2.75, 3.05) is 30.9 Å². The number of hydrogen-bond donors (Lipinski definition) is 2. The van der Waals surface area contributed by atoms with Crippen LogP contribution >= 0.6 is 0 Å². The van der Waals surface area contributed by atoms with Gasteiger partial charge in [0, 0.05) is 32.0 Å². The van der Waals surface area contributed by atoms with Crippen LogP contribution in [0.5, 0.6) is 0 Å². The number of hydrogen-bond acceptors (Lipinski definition) is 4. The highest BCUT2D eigenvalue weighted by Gasteiger charge is 2.30. The molecule has 5 heteroatoms. The minimum atomic E-state index is -0.863. The van der Waals surface area contributed by atoms with Crippen molar-refractivity contribution in [2.45, 2.75) is 25.0 Å². The van der Waals surface area contributed by atoms with Crippen molar-refractivity contribution in [3.8, 4) is 0 Å². The lowest BCUT2D eigenvalue weighted by Gasteiger charge is -2.15. The van der Waals surface area contributed by atoms with Crippen molar-refractivity contribution in [2.24, 2.45) is 0 Å². The lowest BCUT2D eigenvalue weighted by Crippen LogP contribution is -2.24. The Balaban J connectivity index is 1.81. The van der Waals surface area contributed by atoms with E-state index < -0.39 is 12.1 Å². The van der Waals surface area contributed by atoms with E-state index in [4.69, 9.17) is 9.84 Å². The lowest BCUT2D eigenvalue weighted by atomic mass is 10.2. The van der Waals surface area contributed by atoms with Crippen molar-refractivity contribution in [1.29, 1.82) is 0 Å². The van der Waals surface area contributed by atoms with Crippen LogP contribution in [0.3, 0.4) is 0 Å². The van der Waals surface area contributed by atoms with Crippen molar-refractivity contribution in [3.63, 3.8) is 0 Å². The molecule has 1 saturated heterocycles. The molecular weight excluding hydrogens is 244 g/mol. The van der Waals surface area contributed by atoms with Gasteiger partial charge < -0.3 is 20.1 Å². The summed E-state index contributed by atoms with van der Waals surface area (Å²) < 4.78 is 5.44. The Hall–Kier alpha value is -1.75. The molecular formula is C14H20N2O3. The van der Waals surface area contributed by atoms with Crippen molar-refractivity contribution in [3.05, 3.63) is 24.3 Å². The second kappa shape index (κ2) is 5.93. The minimum Gasteiger partial charge on any atom is -0.479 e. The van der Waals surface area contributed by atoms with E-state index in [2.05, 4.69) is 5.32 Å². The zero-order valence-corrected chi connectivity index (χ0v) is 11.3. The van der Waals surface area contributed by atoms with E-state index in [1.165, 1.54) is 0 Å². The quantitative estimate of drug-likeness (QED) is 0.849. The number of nitrogens with zero attached hydrogens (tertiary/aromatic N) is 1. The number of nitrogens with one attached hydrogen (secondary N) is 1. The number of carboxylic acids is 1. The van der Waals surface area contributed by atoms with Crippen LogP contribution in [0.25, 0.3) is 0 Å². The Kier molecular flexibility index (Phi) is 4.27. The van der Waals surface area contributed by atoms with Crippen LogP contribution in [0.2, 0.25) is 0 Å². The summed E-state index contributed by atoms with van der Waals surface area (Å²) in [5, 5.41) is 12.1. The number of anilines is 2. The van der Waals surface area contributed by atoms with Gasteiger partial charge in [-0.2, -0.15) is 0 Å². The molecule has 0 aromatic heterocycles. The molecule has 0 spiro atoms. The van der Waals surface area contributed by atoms with Gasteiger partial charge in [0.05, 0.1) is 6.10 Å². The molecule has 1 heterocycles. The molecule has 0 aliphatic carbocycles. The summed E-state index contributed by atoms with van der Waals surface area (Å²) in [6, 6.07) is 8.10. The largest absolute Gasteiger partial charge is 0.479 e. The van der Waals surface area contributed by atoms with Gasteiger partial charge in [0.1, 0.15) is 0 Å². The number of carbonyl (C=O) groups is 1. The molecule has 2 N–H and O–H groups in total. The molecule has 2 rings (SSSR count). The van der Waals surface area contributed by atoms with Gasteiger partial charge in [-0.05, 0) is 37.1 Å². The molecule has 104 valence electrons. The first-order valence-corrected chi connectivity index (χ1v) is 6.46. The first-order valence-electron chi connectivity index (χ1n) is 6.46. The molecule has 5 nitrogen and oxygen atoms in total. The summed E-state index contributed by atoms with van der Waals surface area (Å²) in [5.74, 6) is -0.863. The molecule has 0 bridgehead atoms. The van der Waals surface area contributed by atoms with E-state index in [0.29, 0.717) is 13.0 Å². The average Bonchev–Trinajstić information content (AvgIpc) is 2.86. The molecule has 1 aliphatic rings. The smallest absolute Gasteiger partial charge is 0.332 e. The van der Waals surface area contributed by atoms with E-state index in [0.717, 1.165) is 17.8 Å². The first kappa shape index (κ1) is 13.7. The van der Waals surface area contributed by atoms with Gasteiger partial charge >= 0.3 is 5.97 Å². The molecule has 1 aromatic rings. The maximum absolute atomic E-state index is 10.8. The number of ether oxygens (including phenoxy) is 1. The Labute approximate surface area is 113 Å². The zero-order chi connectivity index (χ0) is 13.8. The molecule has 1 aromatic carbocycles. The van der Waals surface area contributed by atoms with E-state index in [1.807, 2.05) is 43.3 Å². The standard InChI is InChI=1S/C14H20N2O3/c1-16(2)11-5-3-10(4-6-11)15-9-12-7-8-13(19-12)14(17)18/h3-6,12-13,15H,7-9H2,1-2H3,(H,17,18). The predicted molar refractivity (Wildman–Crippen MR) is 74.8 cm³/mol. The van der Waals surface area contributed by atoms with Crippen molar-refractivity contribution in [1.82, 2.24) is 0 Å². The Morgan fingerprint density at radius 1 is 1.37 bits per heavy atom. The molecule has 0 radical (unpaired) electrons. The Bertz CT molecular complexity index is 431. The molecule has 2 atom stereocenters. The van der Waals surface area contributed by atoms with Gasteiger partial charge in [-0.1, -0.05) is 0 Å². The molecule has 1 fully saturated rings. The highest BCUT2D eigenvalue weighted by Crippen LogP contribution is 2.21. The first-order chi connectivity index (χ1) is 9.06. The van der Waals surface area contributed by atoms with Crippen LogP contribution in [-0.4, -0.2) is 43.9 Å². The molecule has 19 heavy (non-hydrogen) atoms. The van der Waals surface area contributed by atoms with Gasteiger partial charge in [-0.3, -0.25) is 0 Å². The molecule has 2 unspecified atom stereocenters. The van der Waals surface area contributed by atoms with E-state index in [1.54, 1.807) is 0 Å². The van der Waals surface area contributed by atoms with Crippen LogP contribution in [-0.2, 0) is 9.53 Å². The zero-order valence-electron chi connectivity index (χ0n) is 11.3. The van der Waals surface area contributed by atoms with E-state index in [9.17, 15) is 4.79 Å². The summed E-state index contributed by atoms with van der Waals surface area (Å²) in [5.41, 5.74) is 2.17. The number of rotatable bonds is 5. The SMILES string of the molecule is CN(C)c1ccc(NCC2CCC(C(=O)O)O2)cc1. The van der Waals surface area contributed by atoms with Gasteiger partial charge in [-0.25, -0.2) is 4.79 Å². The van der Waals surface area contributed by atoms with E-state index >= 15 is 0 Å². The summed E-state index contributed by atoms with van der Waals surface area (Å²) in [6.07, 6.45) is 0.735. The Morgan fingerprint density at radius 3 is 2.58 bits per heavy atom. The number of carboxylic acid groups (broad SMARTS) is 1. The summed E-state index contributed by atoms with van der Waals surface area (Å²) in [6.45, 7) is 0.644. The normalized spacial score (nSPS) is 22.2. The third kappa shape index (κ3) is 3.61. The summed E-state index contributed by atoms with van der Waals surface area (Å²) >= 11 is 0. The maximum atomic E-state index is 10.8. The van der Waals surface area contributed by atoms with Crippen LogP contribution < -0.4 is 10.2 Å². The fourth-order valence-corrected chi connectivity index (χ4v) is 2.15. The van der Waals surface area contributed by atoms with E-state index in [-0.39, 0.29) is 6.10 Å². The van der Waals surface area contributed by atoms with Crippen LogP contribution in [0.4, 0.5) is 11.4 Å². The third-order valence-corrected chi connectivity index (χ3v) is 3.30. The number of aliphatic carboxylic acids is 1. The van der Waals surface area contributed by atoms with Crippen LogP contribution in [0.1, 0.15) is 12.8 Å². The van der Waals surface area contributed by atoms with Gasteiger partial charge in [0.25, 0.3) is 0 Å². The highest BCUT2D eigenvalue weighted by atomic mass is 16.5. The summed E-state index contributed by atoms with van der Waals surface area (Å²) in [4.78, 5) is 12.8. The molecule has 1 aliphatic heterocycles. The fraction of sp³-hybridized carbons (Fsp3) is 0.500. The minimum absolute atomic E-state index is 0.0189. The predicted octanol–water partition coefficient (Wildman–Crippen LogP) is 1.80. The number of benzene rings is 1. The van der Waals surface area contributed by atoms with Crippen molar-refractivity contribution >= 4 is 17.3 Å². The average molecular weight is 264 g/mol. The second-order valence-corrected chi connectivity index (χ2v) is 4.98. The summed E-state index contributed by atoms with van der Waals surface area (Å²) in [7, 11) is 4.00. The maximum Gasteiger partial charge on any atom is 0.332 e. The second-order valence-electron chi connectivity index (χ2n) is 4.98. The van der Waals surface area contributed by atoms with Crippen LogP contribution in [0.15, 0.2) is 24.3 Å².